The van der Waals surface area contributed by atoms with Gasteiger partial charge in [0.2, 0.25) is 0 Å². The maximum Gasteiger partial charge on any atom is 0.0378 e. The van der Waals surface area contributed by atoms with Gasteiger partial charge >= 0.3 is 0 Å². The van der Waals surface area contributed by atoms with Crippen LogP contribution in [0.5, 0.6) is 0 Å². The molecule has 16 heavy (non-hydrogen) atoms. The number of hydrogen-bond acceptors (Lipinski definition) is 2. The second kappa shape index (κ2) is 4.45. The highest BCUT2D eigenvalue weighted by Gasteiger charge is 2.02. The predicted molar refractivity (Wildman–Crippen MR) is 67.0 cm³/mol. The van der Waals surface area contributed by atoms with Gasteiger partial charge < -0.3 is 5.73 Å². The van der Waals surface area contributed by atoms with Crippen LogP contribution in [0.3, 0.4) is 0 Å². The van der Waals surface area contributed by atoms with Gasteiger partial charge in [0.05, 0.1) is 0 Å². The Kier molecular flexibility index (Phi) is 3.02. The summed E-state index contributed by atoms with van der Waals surface area (Å²) in [6.45, 7) is 4.72. The lowest BCUT2D eigenvalue weighted by molar-refractivity contribution is 1.07. The van der Waals surface area contributed by atoms with Gasteiger partial charge in [-0.25, -0.2) is 0 Å². The smallest absolute Gasteiger partial charge is 0.0378 e. The summed E-state index contributed by atoms with van der Waals surface area (Å²) < 4.78 is 0. The molecular formula is C14H16N2. The molecule has 0 saturated carbocycles. The molecule has 2 aromatic rings. The Labute approximate surface area is 96.1 Å². The highest BCUT2D eigenvalue weighted by atomic mass is 14.6. The lowest BCUT2D eigenvalue weighted by atomic mass is 9.99. The first kappa shape index (κ1) is 10.8. The lowest BCUT2D eigenvalue weighted by Crippen LogP contribution is -1.97. The van der Waals surface area contributed by atoms with E-state index in [4.69, 9.17) is 5.73 Å². The van der Waals surface area contributed by atoms with E-state index in [0.717, 1.165) is 5.69 Å². The molecule has 2 rings (SSSR count). The maximum atomic E-state index is 5.62. The summed E-state index contributed by atoms with van der Waals surface area (Å²) in [5.74, 6) is 0. The van der Waals surface area contributed by atoms with Crippen LogP contribution in [-0.4, -0.2) is 4.98 Å². The fourth-order valence-corrected chi connectivity index (χ4v) is 1.89. The molecule has 1 aromatic heterocycles. The van der Waals surface area contributed by atoms with Crippen LogP contribution in [0.25, 0.3) is 11.1 Å². The first-order valence-corrected chi connectivity index (χ1v) is 5.43. The van der Waals surface area contributed by atoms with E-state index in [-0.39, 0.29) is 0 Å². The van der Waals surface area contributed by atoms with E-state index in [0.29, 0.717) is 6.54 Å². The highest BCUT2D eigenvalue weighted by molar-refractivity contribution is 5.67. The van der Waals surface area contributed by atoms with E-state index in [2.05, 4.69) is 36.2 Å². The molecule has 0 radical (unpaired) electrons. The van der Waals surface area contributed by atoms with E-state index >= 15 is 0 Å². The standard InChI is InChI=1S/C14H16N2/c1-10-7-12(9-15)3-4-14(10)13-5-6-16-11(2)8-13/h3-8H,9,15H2,1-2H3. The molecule has 0 bridgehead atoms. The van der Waals surface area contributed by atoms with Crippen molar-refractivity contribution in [2.45, 2.75) is 20.4 Å². The maximum absolute atomic E-state index is 5.62. The highest BCUT2D eigenvalue weighted by Crippen LogP contribution is 2.24. The second-order valence-electron chi connectivity index (χ2n) is 4.04. The number of pyridine rings is 1. The second-order valence-corrected chi connectivity index (χ2v) is 4.04. The van der Waals surface area contributed by atoms with E-state index in [1.165, 1.54) is 22.3 Å². The Balaban J connectivity index is 2.48. The van der Waals surface area contributed by atoms with Gasteiger partial charge in [-0.15, -0.1) is 0 Å². The normalized spacial score (nSPS) is 10.4. The molecule has 1 aromatic carbocycles. The minimum Gasteiger partial charge on any atom is -0.326 e. The molecule has 0 aliphatic rings. The van der Waals surface area contributed by atoms with E-state index < -0.39 is 0 Å². The Morgan fingerprint density at radius 1 is 1.12 bits per heavy atom. The fraction of sp³-hybridized carbons (Fsp3) is 0.214. The van der Waals surface area contributed by atoms with E-state index in [9.17, 15) is 0 Å². The summed E-state index contributed by atoms with van der Waals surface area (Å²) in [4.78, 5) is 4.21. The van der Waals surface area contributed by atoms with Crippen LogP contribution in [0.15, 0.2) is 36.5 Å². The summed E-state index contributed by atoms with van der Waals surface area (Å²) in [6.07, 6.45) is 1.85. The van der Waals surface area contributed by atoms with Gasteiger partial charge in [0, 0.05) is 18.4 Å². The largest absolute Gasteiger partial charge is 0.326 e. The molecule has 2 heteroatoms. The molecule has 0 saturated heterocycles. The van der Waals surface area contributed by atoms with Crippen molar-refractivity contribution in [2.75, 3.05) is 0 Å². The first-order chi connectivity index (χ1) is 7.70. The molecular weight excluding hydrogens is 196 g/mol. The average molecular weight is 212 g/mol. The molecule has 2 N–H and O–H groups in total. The van der Waals surface area contributed by atoms with Gasteiger partial charge in [-0.2, -0.15) is 0 Å². The monoisotopic (exact) mass is 212 g/mol. The quantitative estimate of drug-likeness (QED) is 0.831. The lowest BCUT2D eigenvalue weighted by Gasteiger charge is -2.08. The molecule has 0 amide bonds. The summed E-state index contributed by atoms with van der Waals surface area (Å²) in [6, 6.07) is 10.5. The molecule has 0 unspecified atom stereocenters. The SMILES string of the molecule is Cc1cc(-c2ccc(CN)cc2C)ccn1. The molecule has 0 fully saturated rings. The first-order valence-electron chi connectivity index (χ1n) is 5.43. The number of benzene rings is 1. The molecule has 0 spiro atoms. The summed E-state index contributed by atoms with van der Waals surface area (Å²) >= 11 is 0. The number of aryl methyl sites for hydroxylation is 2. The average Bonchev–Trinajstić information content (AvgIpc) is 2.28. The van der Waals surface area contributed by atoms with E-state index in [1.807, 2.05) is 19.2 Å². The third kappa shape index (κ3) is 2.12. The van der Waals surface area contributed by atoms with Crippen molar-refractivity contribution in [2.24, 2.45) is 5.73 Å². The Bertz CT molecular complexity index is 504. The van der Waals surface area contributed by atoms with Gasteiger partial charge in [-0.3, -0.25) is 4.98 Å². The third-order valence-corrected chi connectivity index (χ3v) is 2.73. The van der Waals surface area contributed by atoms with Crippen LogP contribution in [0.1, 0.15) is 16.8 Å². The zero-order valence-corrected chi connectivity index (χ0v) is 9.70. The Morgan fingerprint density at radius 2 is 1.94 bits per heavy atom. The molecule has 0 aliphatic heterocycles. The van der Waals surface area contributed by atoms with Crippen LogP contribution in [0.2, 0.25) is 0 Å². The summed E-state index contributed by atoms with van der Waals surface area (Å²) in [7, 11) is 0. The van der Waals surface area contributed by atoms with Crippen molar-refractivity contribution < 1.29 is 0 Å². The van der Waals surface area contributed by atoms with Gasteiger partial charge in [0.1, 0.15) is 0 Å². The van der Waals surface area contributed by atoms with Crippen LogP contribution < -0.4 is 5.73 Å². The van der Waals surface area contributed by atoms with Crippen molar-refractivity contribution in [1.82, 2.24) is 4.98 Å². The predicted octanol–water partition coefficient (Wildman–Crippen LogP) is 2.82. The van der Waals surface area contributed by atoms with Gasteiger partial charge in [-0.1, -0.05) is 18.2 Å². The topological polar surface area (TPSA) is 38.9 Å². The van der Waals surface area contributed by atoms with Crippen LogP contribution >= 0.6 is 0 Å². The van der Waals surface area contributed by atoms with Crippen LogP contribution in [0.4, 0.5) is 0 Å². The van der Waals surface area contributed by atoms with Crippen LogP contribution in [0, 0.1) is 13.8 Å². The Hall–Kier alpha value is -1.67. The zero-order valence-electron chi connectivity index (χ0n) is 9.70. The molecule has 0 aliphatic carbocycles. The van der Waals surface area contributed by atoms with Crippen molar-refractivity contribution in [1.29, 1.82) is 0 Å². The van der Waals surface area contributed by atoms with Crippen molar-refractivity contribution in [3.8, 4) is 11.1 Å². The molecule has 0 atom stereocenters. The van der Waals surface area contributed by atoms with Crippen molar-refractivity contribution >= 4 is 0 Å². The fourth-order valence-electron chi connectivity index (χ4n) is 1.89. The number of nitrogens with two attached hydrogens (primary N) is 1. The number of aromatic nitrogens is 1. The number of hydrogen-bond donors (Lipinski definition) is 1. The minimum atomic E-state index is 0.594. The summed E-state index contributed by atoms with van der Waals surface area (Å²) in [5, 5.41) is 0. The Morgan fingerprint density at radius 3 is 2.56 bits per heavy atom. The van der Waals surface area contributed by atoms with Gasteiger partial charge in [0.25, 0.3) is 0 Å². The van der Waals surface area contributed by atoms with Gasteiger partial charge in [0.15, 0.2) is 0 Å². The van der Waals surface area contributed by atoms with E-state index in [1.54, 1.807) is 0 Å². The van der Waals surface area contributed by atoms with Crippen molar-refractivity contribution in [3.63, 3.8) is 0 Å². The van der Waals surface area contributed by atoms with Gasteiger partial charge in [-0.05, 0) is 48.2 Å². The molecule has 82 valence electrons. The molecule has 2 nitrogen and oxygen atoms in total. The minimum absolute atomic E-state index is 0.594. The molecule has 1 heterocycles. The van der Waals surface area contributed by atoms with Crippen LogP contribution in [-0.2, 0) is 6.54 Å². The summed E-state index contributed by atoms with van der Waals surface area (Å²) in [5.41, 5.74) is 11.6. The third-order valence-electron chi connectivity index (χ3n) is 2.73. The number of nitrogens with zero attached hydrogens (tertiary/aromatic N) is 1. The van der Waals surface area contributed by atoms with Crippen molar-refractivity contribution in [3.05, 3.63) is 53.3 Å². The number of rotatable bonds is 2. The zero-order chi connectivity index (χ0) is 11.5.